The summed E-state index contributed by atoms with van der Waals surface area (Å²) in [6, 6.07) is -0.619. The molecule has 8 N–H and O–H groups in total. The molecular weight excluding hydrogens is 242 g/mol. The molecule has 0 bridgehead atoms. The highest BCUT2D eigenvalue weighted by Crippen LogP contribution is 2.21. The van der Waals surface area contributed by atoms with Gasteiger partial charge in [-0.3, -0.25) is 9.78 Å². The lowest BCUT2D eigenvalue weighted by Crippen LogP contribution is -2.50. The van der Waals surface area contributed by atoms with Crippen LogP contribution in [-0.4, -0.2) is 56.7 Å². The second-order valence-electron chi connectivity index (χ2n) is 4.05. The maximum atomic E-state index is 11.6. The second-order valence-corrected chi connectivity index (χ2v) is 4.05. The number of H-pyrrole nitrogens is 1. The lowest BCUT2D eigenvalue weighted by molar-refractivity contribution is -0.0210. The van der Waals surface area contributed by atoms with E-state index >= 15 is 0 Å². The van der Waals surface area contributed by atoms with Gasteiger partial charge in [-0.25, -0.2) is 0 Å². The molecule has 0 fully saturated rings. The predicted molar refractivity (Wildman–Crippen MR) is 64.3 cm³/mol. The maximum Gasteiger partial charge on any atom is 0.277 e. The summed E-state index contributed by atoms with van der Waals surface area (Å²) in [7, 11) is 0. The fourth-order valence-electron chi connectivity index (χ4n) is 1.78. The summed E-state index contributed by atoms with van der Waals surface area (Å²) < 4.78 is 0. The molecule has 2 heterocycles. The van der Waals surface area contributed by atoms with Crippen LogP contribution in [0.25, 0.3) is 0 Å². The lowest BCUT2D eigenvalue weighted by atomic mass is 10.0. The number of aromatic nitrogens is 2. The van der Waals surface area contributed by atoms with Gasteiger partial charge < -0.3 is 31.7 Å². The lowest BCUT2D eigenvalue weighted by Gasteiger charge is -2.31. The van der Waals surface area contributed by atoms with Crippen LogP contribution >= 0.6 is 0 Å². The molecule has 0 saturated heterocycles. The van der Waals surface area contributed by atoms with Crippen LogP contribution in [0.1, 0.15) is 0 Å². The topological polar surface area (TPSA) is 157 Å². The third kappa shape index (κ3) is 2.23. The van der Waals surface area contributed by atoms with Crippen molar-refractivity contribution in [3.8, 4) is 0 Å². The summed E-state index contributed by atoms with van der Waals surface area (Å²) in [6.45, 7) is -0.330. The summed E-state index contributed by atoms with van der Waals surface area (Å²) in [5, 5.41) is 33.5. The molecule has 9 heteroatoms. The average Bonchev–Trinajstić information content (AvgIpc) is 2.36. The van der Waals surface area contributed by atoms with Gasteiger partial charge in [0.1, 0.15) is 17.9 Å². The Bertz CT molecular complexity index is 490. The van der Waals surface area contributed by atoms with Crippen LogP contribution in [-0.2, 0) is 0 Å². The number of aliphatic hydroxyl groups is 3. The van der Waals surface area contributed by atoms with E-state index in [0.29, 0.717) is 0 Å². The van der Waals surface area contributed by atoms with Crippen molar-refractivity contribution < 1.29 is 15.3 Å². The first kappa shape index (κ1) is 12.6. The van der Waals surface area contributed by atoms with E-state index in [1.807, 2.05) is 0 Å². The average molecular weight is 257 g/mol. The van der Waals surface area contributed by atoms with Crippen molar-refractivity contribution >= 4 is 17.5 Å². The van der Waals surface area contributed by atoms with E-state index < -0.39 is 30.4 Å². The smallest absolute Gasteiger partial charge is 0.277 e. The molecule has 0 amide bonds. The highest BCUT2D eigenvalue weighted by atomic mass is 16.4. The van der Waals surface area contributed by atoms with Crippen molar-refractivity contribution in [2.45, 2.75) is 18.2 Å². The minimum Gasteiger partial charge on any atom is -0.394 e. The molecule has 3 atom stereocenters. The van der Waals surface area contributed by atoms with Crippen molar-refractivity contribution in [3.63, 3.8) is 0 Å². The van der Waals surface area contributed by atoms with Gasteiger partial charge in [0, 0.05) is 6.54 Å². The standard InChI is InChI=1S/C9H15N5O4/c10-9-13-7-5(8(18)14-9)12-3(1-11-7)6(17)4(16)2-15/h3-4,6,12,15-17H,1-2H2,(H4,10,11,13,14,18)/t3?,4-,6?/m0/s1. The Balaban J connectivity index is 2.22. The first-order chi connectivity index (χ1) is 8.52. The van der Waals surface area contributed by atoms with E-state index in [0.717, 1.165) is 0 Å². The van der Waals surface area contributed by atoms with E-state index in [-0.39, 0.29) is 24.0 Å². The molecule has 18 heavy (non-hydrogen) atoms. The number of nitrogens with two attached hydrogens (primary N) is 1. The molecule has 100 valence electrons. The van der Waals surface area contributed by atoms with Gasteiger partial charge in [0.05, 0.1) is 12.6 Å². The first-order valence-electron chi connectivity index (χ1n) is 5.40. The number of rotatable bonds is 3. The number of aromatic amines is 1. The fourth-order valence-corrected chi connectivity index (χ4v) is 1.78. The summed E-state index contributed by atoms with van der Waals surface area (Å²) in [6.07, 6.45) is -2.50. The van der Waals surface area contributed by atoms with E-state index in [9.17, 15) is 15.0 Å². The number of fused-ring (bicyclic) bond motifs is 1. The Labute approximate surface area is 102 Å². The molecule has 2 unspecified atom stereocenters. The van der Waals surface area contributed by atoms with Crippen LogP contribution in [0.3, 0.4) is 0 Å². The van der Waals surface area contributed by atoms with Crippen LogP contribution in [0.2, 0.25) is 0 Å². The normalized spacial score (nSPS) is 21.4. The molecule has 1 aromatic heterocycles. The van der Waals surface area contributed by atoms with Crippen molar-refractivity contribution in [1.29, 1.82) is 0 Å². The van der Waals surface area contributed by atoms with E-state index in [2.05, 4.69) is 20.6 Å². The highest BCUT2D eigenvalue weighted by molar-refractivity contribution is 5.67. The molecule has 0 aliphatic carbocycles. The van der Waals surface area contributed by atoms with Crippen LogP contribution < -0.4 is 21.9 Å². The highest BCUT2D eigenvalue weighted by Gasteiger charge is 2.30. The number of hydrogen-bond donors (Lipinski definition) is 7. The van der Waals surface area contributed by atoms with Crippen molar-refractivity contribution in [2.75, 3.05) is 29.5 Å². The Morgan fingerprint density at radius 2 is 2.22 bits per heavy atom. The second kappa shape index (κ2) is 4.80. The third-order valence-corrected chi connectivity index (χ3v) is 2.75. The quantitative estimate of drug-likeness (QED) is 0.307. The van der Waals surface area contributed by atoms with Gasteiger partial charge in [-0.2, -0.15) is 4.98 Å². The summed E-state index contributed by atoms with van der Waals surface area (Å²) in [4.78, 5) is 17.8. The zero-order chi connectivity index (χ0) is 13.3. The Morgan fingerprint density at radius 3 is 2.89 bits per heavy atom. The zero-order valence-electron chi connectivity index (χ0n) is 9.42. The molecule has 1 aromatic rings. The van der Waals surface area contributed by atoms with Crippen LogP contribution in [0, 0.1) is 0 Å². The van der Waals surface area contributed by atoms with Gasteiger partial charge in [-0.05, 0) is 0 Å². The van der Waals surface area contributed by atoms with Gasteiger partial charge in [0.15, 0.2) is 5.82 Å². The Hall–Kier alpha value is -1.84. The molecule has 0 aromatic carbocycles. The maximum absolute atomic E-state index is 11.6. The summed E-state index contributed by atoms with van der Waals surface area (Å²) in [5.74, 6) is 0.278. The molecule has 0 radical (unpaired) electrons. The van der Waals surface area contributed by atoms with Crippen molar-refractivity contribution in [2.24, 2.45) is 0 Å². The van der Waals surface area contributed by atoms with E-state index in [1.54, 1.807) is 0 Å². The number of hydrogen-bond acceptors (Lipinski definition) is 8. The van der Waals surface area contributed by atoms with Gasteiger partial charge in [0.25, 0.3) is 5.56 Å². The van der Waals surface area contributed by atoms with Crippen molar-refractivity contribution in [3.05, 3.63) is 10.4 Å². The van der Waals surface area contributed by atoms with Crippen LogP contribution in [0.15, 0.2) is 4.79 Å². The monoisotopic (exact) mass is 257 g/mol. The number of nitrogens with one attached hydrogen (secondary N) is 3. The number of nitrogens with zero attached hydrogens (tertiary/aromatic N) is 1. The summed E-state index contributed by atoms with van der Waals surface area (Å²) >= 11 is 0. The van der Waals surface area contributed by atoms with Gasteiger partial charge in [0.2, 0.25) is 5.95 Å². The molecule has 1 aliphatic rings. The summed E-state index contributed by atoms with van der Waals surface area (Å²) in [5.41, 5.74) is 5.06. The largest absolute Gasteiger partial charge is 0.394 e. The number of anilines is 3. The van der Waals surface area contributed by atoms with Crippen LogP contribution in [0.4, 0.5) is 17.5 Å². The van der Waals surface area contributed by atoms with E-state index in [1.165, 1.54) is 0 Å². The van der Waals surface area contributed by atoms with E-state index in [4.69, 9.17) is 10.8 Å². The Kier molecular flexibility index (Phi) is 3.36. The Morgan fingerprint density at radius 1 is 1.50 bits per heavy atom. The van der Waals surface area contributed by atoms with Crippen LogP contribution in [0.5, 0.6) is 0 Å². The first-order valence-corrected chi connectivity index (χ1v) is 5.40. The minimum atomic E-state index is -1.29. The van der Waals surface area contributed by atoms with Gasteiger partial charge in [-0.15, -0.1) is 0 Å². The number of nitrogen functional groups attached to an aromatic ring is 1. The number of aliphatic hydroxyl groups excluding tert-OH is 3. The fraction of sp³-hybridized carbons (Fsp3) is 0.556. The molecule has 2 rings (SSSR count). The molecule has 1 aliphatic heterocycles. The molecule has 0 saturated carbocycles. The van der Waals surface area contributed by atoms with Gasteiger partial charge >= 0.3 is 0 Å². The van der Waals surface area contributed by atoms with Gasteiger partial charge in [-0.1, -0.05) is 0 Å². The zero-order valence-corrected chi connectivity index (χ0v) is 9.42. The van der Waals surface area contributed by atoms with Crippen molar-refractivity contribution in [1.82, 2.24) is 9.97 Å². The third-order valence-electron chi connectivity index (χ3n) is 2.75. The molecule has 9 nitrogen and oxygen atoms in total. The minimum absolute atomic E-state index is 0.0116. The predicted octanol–water partition coefficient (Wildman–Crippen LogP) is -2.73. The SMILES string of the molecule is Nc1nc2c(c(=O)[nH]1)NC(C(O)[C@@H](O)CO)CN2. The molecule has 0 spiro atoms. The molecular formula is C9H15N5O4.